The Kier molecular flexibility index (Phi) is 5.87. The molecule has 1 aromatic heterocycles. The van der Waals surface area contributed by atoms with Crippen molar-refractivity contribution < 1.29 is 17.6 Å². The number of hydrogen-bond donors (Lipinski definition) is 0. The summed E-state index contributed by atoms with van der Waals surface area (Å²) in [5.74, 6) is 1.19. The molecule has 0 atom stereocenters. The van der Waals surface area contributed by atoms with Gasteiger partial charge in [0.15, 0.2) is 0 Å². The molecule has 0 aliphatic carbocycles. The summed E-state index contributed by atoms with van der Waals surface area (Å²) >= 11 is 5.38. The Morgan fingerprint density at radius 3 is 2.61 bits per heavy atom. The van der Waals surface area contributed by atoms with Crippen LogP contribution in [0.5, 0.6) is 5.75 Å². The zero-order valence-corrected chi connectivity index (χ0v) is 19.2. The lowest BCUT2D eigenvalue weighted by Gasteiger charge is -2.31. The molecule has 2 aromatic carbocycles. The summed E-state index contributed by atoms with van der Waals surface area (Å²) in [7, 11) is 1.22. The number of hydrogen-bond acceptors (Lipinski definition) is 7. The number of anilines is 1. The van der Waals surface area contributed by atoms with Gasteiger partial charge in [-0.2, -0.15) is 0 Å². The molecule has 0 bridgehead atoms. The minimum Gasteiger partial charge on any atom is -0.497 e. The molecule has 0 saturated carbocycles. The quantitative estimate of drug-likeness (QED) is 0.521. The molecule has 0 spiro atoms. The normalized spacial score (nSPS) is 14.0. The largest absolute Gasteiger partial charge is 0.497 e. The summed E-state index contributed by atoms with van der Waals surface area (Å²) in [6, 6.07) is 12.7. The maximum absolute atomic E-state index is 12.5. The molecular weight excluding hydrogens is 436 g/mol. The summed E-state index contributed by atoms with van der Waals surface area (Å²) < 4.78 is 38.7. The first kappa shape index (κ1) is 21.5. The van der Waals surface area contributed by atoms with E-state index in [4.69, 9.17) is 21.4 Å². The number of aryl methyl sites for hydroxylation is 1. The van der Waals surface area contributed by atoms with Crippen LogP contribution in [0.2, 0.25) is 0 Å². The molecule has 8 nitrogen and oxygen atoms in total. The molecule has 0 amide bonds. The van der Waals surface area contributed by atoms with Gasteiger partial charge >= 0.3 is 0 Å². The average molecular weight is 461 g/mol. The van der Waals surface area contributed by atoms with Crippen LogP contribution in [0.4, 0.5) is 5.69 Å². The molecule has 1 aliphatic heterocycles. The second-order valence-electron chi connectivity index (χ2n) is 7.49. The van der Waals surface area contributed by atoms with E-state index in [0.29, 0.717) is 17.5 Å². The Balaban J connectivity index is 1.60. The number of rotatable bonds is 6. The average Bonchev–Trinajstić information content (AvgIpc) is 3.13. The number of fused-ring (bicyclic) bond motifs is 1. The van der Waals surface area contributed by atoms with E-state index in [2.05, 4.69) is 10.00 Å². The van der Waals surface area contributed by atoms with Crippen LogP contribution < -0.4 is 9.64 Å². The molecule has 4 rings (SSSR count). The molecule has 2 heterocycles. The second kappa shape index (κ2) is 8.45. The number of ether oxygens (including phenoxy) is 1. The third kappa shape index (κ3) is 4.23. The van der Waals surface area contributed by atoms with Crippen molar-refractivity contribution in [1.82, 2.24) is 14.1 Å². The molecule has 0 N–H and O–H groups in total. The van der Waals surface area contributed by atoms with Crippen LogP contribution in [0.25, 0.3) is 11.5 Å². The van der Waals surface area contributed by atoms with Crippen LogP contribution >= 0.6 is 12.2 Å². The van der Waals surface area contributed by atoms with E-state index in [0.717, 1.165) is 42.0 Å². The van der Waals surface area contributed by atoms with Gasteiger partial charge in [0.05, 0.1) is 12.0 Å². The van der Waals surface area contributed by atoms with Crippen molar-refractivity contribution in [1.29, 1.82) is 0 Å². The SMILES string of the molecule is COc1ccc(-c2nn(CN3CCCc4cc(S(=O)(=O)N(C)C)ccc43)c(=S)o2)cc1. The van der Waals surface area contributed by atoms with Gasteiger partial charge in [0, 0.05) is 31.9 Å². The lowest BCUT2D eigenvalue weighted by molar-refractivity contribution is 0.415. The van der Waals surface area contributed by atoms with E-state index < -0.39 is 10.0 Å². The van der Waals surface area contributed by atoms with Gasteiger partial charge in [-0.05, 0) is 73.1 Å². The van der Waals surface area contributed by atoms with E-state index in [1.807, 2.05) is 30.3 Å². The molecule has 0 saturated heterocycles. The Hall–Kier alpha value is -2.69. The highest BCUT2D eigenvalue weighted by molar-refractivity contribution is 7.89. The first-order chi connectivity index (χ1) is 14.8. The van der Waals surface area contributed by atoms with Crippen molar-refractivity contribution in [3.05, 3.63) is 52.9 Å². The highest BCUT2D eigenvalue weighted by atomic mass is 32.2. The topological polar surface area (TPSA) is 80.8 Å². The lowest BCUT2D eigenvalue weighted by Crippen LogP contribution is -2.32. The predicted octanol–water partition coefficient (Wildman–Crippen LogP) is 3.54. The van der Waals surface area contributed by atoms with Gasteiger partial charge in [-0.1, -0.05) is 0 Å². The van der Waals surface area contributed by atoms with Gasteiger partial charge in [0.1, 0.15) is 12.4 Å². The minimum absolute atomic E-state index is 0.282. The van der Waals surface area contributed by atoms with Crippen LogP contribution in [0, 0.1) is 4.84 Å². The molecule has 0 fully saturated rings. The fourth-order valence-corrected chi connectivity index (χ4v) is 4.71. The van der Waals surface area contributed by atoms with Crippen LogP contribution in [0.3, 0.4) is 0 Å². The third-order valence-corrected chi connectivity index (χ3v) is 7.40. The van der Waals surface area contributed by atoms with E-state index in [-0.39, 0.29) is 4.84 Å². The summed E-state index contributed by atoms with van der Waals surface area (Å²) in [6.07, 6.45) is 1.74. The standard InChI is InChI=1S/C21H24N4O4S2/c1-23(2)31(26,27)18-10-11-19-16(13-18)5-4-12-24(19)14-25-21(30)29-20(22-25)15-6-8-17(28-3)9-7-15/h6-11,13H,4-5,12,14H2,1-3H3. The Bertz CT molecular complexity index is 1250. The van der Waals surface area contributed by atoms with Gasteiger partial charge in [0.25, 0.3) is 4.84 Å². The van der Waals surface area contributed by atoms with Crippen molar-refractivity contribution in [3.63, 3.8) is 0 Å². The summed E-state index contributed by atoms with van der Waals surface area (Å²) in [6.45, 7) is 1.24. The van der Waals surface area contributed by atoms with Crippen molar-refractivity contribution >= 4 is 27.9 Å². The molecule has 31 heavy (non-hydrogen) atoms. The number of aromatic nitrogens is 2. The summed E-state index contributed by atoms with van der Waals surface area (Å²) in [5.41, 5.74) is 2.79. The van der Waals surface area contributed by atoms with E-state index in [1.165, 1.54) is 18.4 Å². The van der Waals surface area contributed by atoms with Crippen molar-refractivity contribution in [2.24, 2.45) is 0 Å². The van der Waals surface area contributed by atoms with Crippen LogP contribution in [-0.4, -0.2) is 50.3 Å². The first-order valence-electron chi connectivity index (χ1n) is 9.82. The van der Waals surface area contributed by atoms with E-state index in [9.17, 15) is 8.42 Å². The zero-order valence-electron chi connectivity index (χ0n) is 17.6. The zero-order chi connectivity index (χ0) is 22.2. The smallest absolute Gasteiger partial charge is 0.289 e. The number of methoxy groups -OCH3 is 1. The predicted molar refractivity (Wildman–Crippen MR) is 120 cm³/mol. The number of nitrogens with zero attached hydrogens (tertiary/aromatic N) is 4. The molecule has 3 aromatic rings. The second-order valence-corrected chi connectivity index (χ2v) is 9.99. The molecule has 0 radical (unpaired) electrons. The molecule has 10 heteroatoms. The first-order valence-corrected chi connectivity index (χ1v) is 11.7. The van der Waals surface area contributed by atoms with Crippen LogP contribution in [0.15, 0.2) is 51.8 Å². The van der Waals surface area contributed by atoms with Gasteiger partial charge in [0.2, 0.25) is 15.9 Å². The number of sulfonamides is 1. The number of benzene rings is 2. The van der Waals surface area contributed by atoms with Crippen molar-refractivity contribution in [3.8, 4) is 17.2 Å². The molecular formula is C21H24N4O4S2. The van der Waals surface area contributed by atoms with Gasteiger partial charge in [-0.25, -0.2) is 17.4 Å². The maximum atomic E-state index is 12.5. The van der Waals surface area contributed by atoms with Gasteiger partial charge in [-0.15, -0.1) is 5.10 Å². The highest BCUT2D eigenvalue weighted by Crippen LogP contribution is 2.31. The fourth-order valence-electron chi connectivity index (χ4n) is 3.58. The Labute approximate surface area is 186 Å². The Morgan fingerprint density at radius 2 is 1.94 bits per heavy atom. The monoisotopic (exact) mass is 460 g/mol. The lowest BCUT2D eigenvalue weighted by atomic mass is 10.0. The van der Waals surface area contributed by atoms with Crippen molar-refractivity contribution in [2.75, 3.05) is 32.6 Å². The van der Waals surface area contributed by atoms with E-state index >= 15 is 0 Å². The molecule has 1 aliphatic rings. The van der Waals surface area contributed by atoms with Gasteiger partial charge < -0.3 is 14.1 Å². The third-order valence-electron chi connectivity index (χ3n) is 5.29. The molecule has 164 valence electrons. The maximum Gasteiger partial charge on any atom is 0.289 e. The van der Waals surface area contributed by atoms with E-state index in [1.54, 1.807) is 23.9 Å². The highest BCUT2D eigenvalue weighted by Gasteiger charge is 2.23. The minimum atomic E-state index is -3.47. The van der Waals surface area contributed by atoms with Crippen molar-refractivity contribution in [2.45, 2.75) is 24.4 Å². The molecule has 0 unspecified atom stereocenters. The fraction of sp³-hybridized carbons (Fsp3) is 0.333. The summed E-state index contributed by atoms with van der Waals surface area (Å²) in [5, 5.41) is 4.54. The van der Waals surface area contributed by atoms with Gasteiger partial charge in [-0.3, -0.25) is 0 Å². The Morgan fingerprint density at radius 1 is 1.19 bits per heavy atom. The summed E-state index contributed by atoms with van der Waals surface area (Å²) in [4.78, 5) is 2.73. The van der Waals surface area contributed by atoms with Crippen LogP contribution in [0.1, 0.15) is 12.0 Å². The van der Waals surface area contributed by atoms with Crippen LogP contribution in [-0.2, 0) is 23.1 Å².